The highest BCUT2D eigenvalue weighted by atomic mass is 19.4. The predicted molar refractivity (Wildman–Crippen MR) is 111 cm³/mol. The number of aromatic nitrogens is 4. The van der Waals surface area contributed by atoms with Gasteiger partial charge in [0.15, 0.2) is 0 Å². The van der Waals surface area contributed by atoms with Crippen molar-refractivity contribution in [3.05, 3.63) is 66.7 Å². The first-order chi connectivity index (χ1) is 14.3. The second-order valence-corrected chi connectivity index (χ2v) is 7.68. The van der Waals surface area contributed by atoms with Gasteiger partial charge in [-0.2, -0.15) is 18.3 Å². The van der Waals surface area contributed by atoms with Gasteiger partial charge in [0.05, 0.1) is 17.4 Å². The van der Waals surface area contributed by atoms with Crippen LogP contribution in [0.2, 0.25) is 0 Å². The molecule has 0 saturated heterocycles. The molecule has 0 unspecified atom stereocenters. The molecule has 4 nitrogen and oxygen atoms in total. The molecule has 0 spiro atoms. The molecule has 0 aliphatic heterocycles. The van der Waals surface area contributed by atoms with Crippen LogP contribution in [0.1, 0.15) is 26.0 Å². The molecule has 4 aromatic rings. The lowest BCUT2D eigenvalue weighted by atomic mass is 10.00. The summed E-state index contributed by atoms with van der Waals surface area (Å²) in [5.74, 6) is 0.533. The fourth-order valence-electron chi connectivity index (χ4n) is 3.30. The first-order valence-corrected chi connectivity index (χ1v) is 9.77. The maximum Gasteiger partial charge on any atom is 0.433 e. The first kappa shape index (κ1) is 20.1. The van der Waals surface area contributed by atoms with Gasteiger partial charge in [-0.3, -0.25) is 9.67 Å². The number of fused-ring (bicyclic) bond motifs is 1. The summed E-state index contributed by atoms with van der Waals surface area (Å²) in [6, 6.07) is 11.6. The van der Waals surface area contributed by atoms with Crippen molar-refractivity contribution in [2.45, 2.75) is 33.0 Å². The fraction of sp³-hybridized carbons (Fsp3) is 0.261. The quantitative estimate of drug-likeness (QED) is 0.392. The highest BCUT2D eigenvalue weighted by Crippen LogP contribution is 2.36. The van der Waals surface area contributed by atoms with Crippen LogP contribution >= 0.6 is 0 Å². The Kier molecular flexibility index (Phi) is 5.28. The molecule has 0 fully saturated rings. The lowest BCUT2D eigenvalue weighted by molar-refractivity contribution is -0.141. The zero-order valence-corrected chi connectivity index (χ0v) is 16.7. The van der Waals surface area contributed by atoms with E-state index in [1.807, 2.05) is 29.1 Å². The molecule has 4 rings (SSSR count). The molecule has 0 aliphatic carbocycles. The molecule has 0 atom stereocenters. The monoisotopic (exact) mass is 410 g/mol. The molecule has 7 heteroatoms. The Morgan fingerprint density at radius 3 is 2.63 bits per heavy atom. The Morgan fingerprint density at radius 2 is 1.87 bits per heavy atom. The van der Waals surface area contributed by atoms with Crippen LogP contribution in [0.4, 0.5) is 13.2 Å². The second-order valence-electron chi connectivity index (χ2n) is 7.68. The van der Waals surface area contributed by atoms with Crippen LogP contribution in [-0.2, 0) is 12.7 Å². The van der Waals surface area contributed by atoms with Crippen molar-refractivity contribution >= 4 is 10.9 Å². The van der Waals surface area contributed by atoms with Crippen LogP contribution < -0.4 is 0 Å². The normalized spacial score (nSPS) is 12.1. The van der Waals surface area contributed by atoms with E-state index in [-0.39, 0.29) is 5.69 Å². The van der Waals surface area contributed by atoms with E-state index in [4.69, 9.17) is 0 Å². The van der Waals surface area contributed by atoms with Crippen molar-refractivity contribution in [1.82, 2.24) is 19.7 Å². The summed E-state index contributed by atoms with van der Waals surface area (Å²) >= 11 is 0. The predicted octanol–water partition coefficient (Wildman–Crippen LogP) is 6.23. The Bertz CT molecular complexity index is 1180. The van der Waals surface area contributed by atoms with Gasteiger partial charge < -0.3 is 0 Å². The number of rotatable bonds is 5. The third kappa shape index (κ3) is 4.20. The molecule has 0 saturated carbocycles. The van der Waals surface area contributed by atoms with Gasteiger partial charge in [-0.15, -0.1) is 0 Å². The van der Waals surface area contributed by atoms with E-state index in [0.717, 1.165) is 30.0 Å². The number of alkyl halides is 3. The number of benzene rings is 1. The molecule has 0 amide bonds. The van der Waals surface area contributed by atoms with Crippen molar-refractivity contribution in [2.75, 3.05) is 0 Å². The molecule has 0 N–H and O–H groups in total. The number of hydrogen-bond donors (Lipinski definition) is 0. The van der Waals surface area contributed by atoms with Gasteiger partial charge in [0.25, 0.3) is 0 Å². The smallest absolute Gasteiger partial charge is 0.272 e. The zero-order valence-electron chi connectivity index (χ0n) is 16.7. The van der Waals surface area contributed by atoms with Crippen LogP contribution in [0, 0.1) is 5.92 Å². The lowest BCUT2D eigenvalue weighted by Gasteiger charge is -2.12. The first-order valence-electron chi connectivity index (χ1n) is 9.77. The van der Waals surface area contributed by atoms with Crippen LogP contribution in [0.15, 0.2) is 61.1 Å². The summed E-state index contributed by atoms with van der Waals surface area (Å²) in [6.07, 6.45) is 1.63. The van der Waals surface area contributed by atoms with E-state index in [9.17, 15) is 13.2 Å². The number of aryl methyl sites for hydroxylation is 1. The number of pyridine rings is 2. The molecular weight excluding hydrogens is 389 g/mol. The largest absolute Gasteiger partial charge is 0.433 e. The van der Waals surface area contributed by atoms with Gasteiger partial charge >= 0.3 is 6.18 Å². The van der Waals surface area contributed by atoms with Crippen LogP contribution in [0.3, 0.4) is 0 Å². The SMILES string of the molecule is CC(C)CCn1cc(-c2ccc(C(F)(F)F)nc2-c2ccc3cccnc3c2)cn1. The molecule has 30 heavy (non-hydrogen) atoms. The molecular formula is C23H21F3N4. The summed E-state index contributed by atoms with van der Waals surface area (Å²) in [5, 5.41) is 5.29. The maximum absolute atomic E-state index is 13.4. The Hall–Kier alpha value is -3.22. The minimum atomic E-state index is -4.52. The van der Waals surface area contributed by atoms with E-state index < -0.39 is 11.9 Å². The van der Waals surface area contributed by atoms with E-state index in [0.29, 0.717) is 22.6 Å². The highest BCUT2D eigenvalue weighted by molar-refractivity contribution is 5.87. The lowest BCUT2D eigenvalue weighted by Crippen LogP contribution is -2.09. The van der Waals surface area contributed by atoms with Crippen molar-refractivity contribution in [3.63, 3.8) is 0 Å². The third-order valence-electron chi connectivity index (χ3n) is 4.94. The van der Waals surface area contributed by atoms with Gasteiger partial charge in [0.2, 0.25) is 0 Å². The summed E-state index contributed by atoms with van der Waals surface area (Å²) in [7, 11) is 0. The van der Waals surface area contributed by atoms with Crippen LogP contribution in [-0.4, -0.2) is 19.7 Å². The van der Waals surface area contributed by atoms with E-state index in [1.165, 1.54) is 6.07 Å². The van der Waals surface area contributed by atoms with Crippen molar-refractivity contribution in [1.29, 1.82) is 0 Å². The van der Waals surface area contributed by atoms with Gasteiger partial charge in [-0.05, 0) is 36.6 Å². The minimum absolute atomic E-state index is 0.265. The zero-order chi connectivity index (χ0) is 21.3. The Morgan fingerprint density at radius 1 is 1.03 bits per heavy atom. The van der Waals surface area contributed by atoms with Gasteiger partial charge in [0.1, 0.15) is 5.69 Å². The molecule has 0 bridgehead atoms. The van der Waals surface area contributed by atoms with Crippen LogP contribution in [0.5, 0.6) is 0 Å². The molecule has 154 valence electrons. The summed E-state index contributed by atoms with van der Waals surface area (Å²) in [4.78, 5) is 8.31. The topological polar surface area (TPSA) is 43.6 Å². The Balaban J connectivity index is 1.82. The fourth-order valence-corrected chi connectivity index (χ4v) is 3.30. The van der Waals surface area contributed by atoms with E-state index in [1.54, 1.807) is 24.5 Å². The maximum atomic E-state index is 13.4. The highest BCUT2D eigenvalue weighted by Gasteiger charge is 2.33. The van der Waals surface area contributed by atoms with Gasteiger partial charge in [-0.25, -0.2) is 4.98 Å². The molecule has 0 aliphatic rings. The number of halogens is 3. The van der Waals surface area contributed by atoms with Gasteiger partial charge in [0, 0.05) is 41.0 Å². The summed E-state index contributed by atoms with van der Waals surface area (Å²) in [6.45, 7) is 5.02. The molecule has 0 radical (unpaired) electrons. The van der Waals surface area contributed by atoms with E-state index in [2.05, 4.69) is 28.9 Å². The summed E-state index contributed by atoms with van der Waals surface area (Å²) < 4.78 is 41.9. The average molecular weight is 410 g/mol. The molecule has 3 heterocycles. The van der Waals surface area contributed by atoms with Crippen molar-refractivity contribution in [2.24, 2.45) is 5.92 Å². The minimum Gasteiger partial charge on any atom is -0.272 e. The number of hydrogen-bond acceptors (Lipinski definition) is 3. The summed E-state index contributed by atoms with van der Waals surface area (Å²) in [5.41, 5.74) is 1.96. The third-order valence-corrected chi connectivity index (χ3v) is 4.94. The van der Waals surface area contributed by atoms with Crippen molar-refractivity contribution < 1.29 is 13.2 Å². The average Bonchev–Trinajstić information content (AvgIpc) is 3.20. The molecule has 1 aromatic carbocycles. The Labute approximate surface area is 172 Å². The van der Waals surface area contributed by atoms with E-state index >= 15 is 0 Å². The van der Waals surface area contributed by atoms with Crippen LogP contribution in [0.25, 0.3) is 33.3 Å². The molecule has 3 aromatic heterocycles. The number of nitrogens with zero attached hydrogens (tertiary/aromatic N) is 4. The van der Waals surface area contributed by atoms with Crippen molar-refractivity contribution in [3.8, 4) is 22.4 Å². The standard InChI is InChI=1S/C23H21F3N4/c1-15(2)9-11-30-14-18(13-28-30)19-7-8-21(23(24,25)26)29-22(19)17-6-5-16-4-3-10-27-20(16)12-17/h3-8,10,12-15H,9,11H2,1-2H3. The second kappa shape index (κ2) is 7.89. The van der Waals surface area contributed by atoms with Gasteiger partial charge in [-0.1, -0.05) is 32.0 Å².